The van der Waals surface area contributed by atoms with Crippen molar-refractivity contribution in [2.75, 3.05) is 26.9 Å². The van der Waals surface area contributed by atoms with Gasteiger partial charge in [0.2, 0.25) is 0 Å². The lowest BCUT2D eigenvalue weighted by atomic mass is 10.2. The molecule has 0 aromatic carbocycles. The molecule has 0 heterocycles. The van der Waals surface area contributed by atoms with Crippen molar-refractivity contribution in [3.63, 3.8) is 0 Å². The van der Waals surface area contributed by atoms with Gasteiger partial charge in [0.25, 0.3) is 0 Å². The van der Waals surface area contributed by atoms with Crippen LogP contribution in [0.4, 0.5) is 0 Å². The van der Waals surface area contributed by atoms with Gasteiger partial charge in [-0.25, -0.2) is 0 Å². The molecule has 0 saturated heterocycles. The summed E-state index contributed by atoms with van der Waals surface area (Å²) in [4.78, 5) is 11.0. The van der Waals surface area contributed by atoms with Gasteiger partial charge in [0.05, 0.1) is 13.2 Å². The van der Waals surface area contributed by atoms with Gasteiger partial charge >= 0.3 is 0 Å². The Balaban J connectivity index is 3.13. The van der Waals surface area contributed by atoms with Gasteiger partial charge in [-0.15, -0.1) is 6.58 Å². The summed E-state index contributed by atoms with van der Waals surface area (Å²) in [6.45, 7) is 4.74. The summed E-state index contributed by atoms with van der Waals surface area (Å²) in [5, 5.41) is 0. The van der Waals surface area contributed by atoms with E-state index in [0.29, 0.717) is 19.6 Å². The molecule has 0 N–H and O–H groups in total. The van der Waals surface area contributed by atoms with Crippen LogP contribution in [-0.2, 0) is 14.3 Å². The Labute approximate surface area is 73.4 Å². The third kappa shape index (κ3) is 7.44. The van der Waals surface area contributed by atoms with E-state index in [1.165, 1.54) is 0 Å². The molecule has 0 unspecified atom stereocenters. The van der Waals surface area contributed by atoms with Crippen LogP contribution in [0, 0.1) is 0 Å². The Morgan fingerprint density at radius 2 is 2.25 bits per heavy atom. The van der Waals surface area contributed by atoms with E-state index in [-0.39, 0.29) is 12.4 Å². The average molecular weight is 172 g/mol. The zero-order valence-electron chi connectivity index (χ0n) is 7.54. The fraction of sp³-hybridized carbons (Fsp3) is 0.667. The van der Waals surface area contributed by atoms with Crippen molar-refractivity contribution in [3.05, 3.63) is 12.7 Å². The zero-order valence-corrected chi connectivity index (χ0v) is 7.54. The van der Waals surface area contributed by atoms with Gasteiger partial charge in [-0.05, 0) is 6.42 Å². The first-order valence-corrected chi connectivity index (χ1v) is 4.00. The van der Waals surface area contributed by atoms with E-state index >= 15 is 0 Å². The smallest absolute Gasteiger partial charge is 0.158 e. The molecular formula is C9H16O3. The first kappa shape index (κ1) is 11.3. The van der Waals surface area contributed by atoms with Crippen LogP contribution in [0.2, 0.25) is 0 Å². The molecule has 0 aliphatic carbocycles. The Morgan fingerprint density at radius 3 is 2.83 bits per heavy atom. The highest BCUT2D eigenvalue weighted by Crippen LogP contribution is 1.91. The van der Waals surface area contributed by atoms with Crippen molar-refractivity contribution >= 4 is 5.78 Å². The lowest BCUT2D eigenvalue weighted by Gasteiger charge is -2.01. The summed E-state index contributed by atoms with van der Waals surface area (Å²) in [7, 11) is 1.60. The Bertz CT molecular complexity index is 132. The number of rotatable bonds is 8. The fourth-order valence-corrected chi connectivity index (χ4v) is 0.663. The van der Waals surface area contributed by atoms with Gasteiger partial charge in [0.15, 0.2) is 5.78 Å². The molecule has 0 rings (SSSR count). The normalized spacial score (nSPS) is 9.75. The van der Waals surface area contributed by atoms with Crippen LogP contribution in [0.15, 0.2) is 12.7 Å². The van der Waals surface area contributed by atoms with Gasteiger partial charge in [-0.3, -0.25) is 4.79 Å². The van der Waals surface area contributed by atoms with Gasteiger partial charge in [0.1, 0.15) is 6.61 Å². The SMILES string of the molecule is C=CCCC(=O)COCCOC. The van der Waals surface area contributed by atoms with E-state index in [1.807, 2.05) is 0 Å². The molecule has 0 bridgehead atoms. The molecule has 70 valence electrons. The Kier molecular flexibility index (Phi) is 7.96. The molecule has 3 heteroatoms. The van der Waals surface area contributed by atoms with E-state index in [0.717, 1.165) is 6.42 Å². The molecule has 0 radical (unpaired) electrons. The second kappa shape index (κ2) is 8.43. The van der Waals surface area contributed by atoms with Crippen molar-refractivity contribution in [1.29, 1.82) is 0 Å². The summed E-state index contributed by atoms with van der Waals surface area (Å²) in [6, 6.07) is 0. The van der Waals surface area contributed by atoms with E-state index in [4.69, 9.17) is 9.47 Å². The highest BCUT2D eigenvalue weighted by atomic mass is 16.5. The predicted octanol–water partition coefficient (Wildman–Crippen LogP) is 1.18. The number of carbonyl (C=O) groups is 1. The van der Waals surface area contributed by atoms with Crippen LogP contribution in [0.3, 0.4) is 0 Å². The minimum Gasteiger partial charge on any atom is -0.382 e. The molecule has 0 aromatic heterocycles. The highest BCUT2D eigenvalue weighted by molar-refractivity contribution is 5.79. The fourth-order valence-electron chi connectivity index (χ4n) is 0.663. The predicted molar refractivity (Wildman–Crippen MR) is 47.1 cm³/mol. The van der Waals surface area contributed by atoms with Gasteiger partial charge < -0.3 is 9.47 Å². The largest absolute Gasteiger partial charge is 0.382 e. The minimum atomic E-state index is 0.117. The number of methoxy groups -OCH3 is 1. The Morgan fingerprint density at radius 1 is 1.50 bits per heavy atom. The molecule has 0 amide bonds. The topological polar surface area (TPSA) is 35.5 Å². The van der Waals surface area contributed by atoms with E-state index in [2.05, 4.69) is 6.58 Å². The molecule has 0 fully saturated rings. The van der Waals surface area contributed by atoms with E-state index < -0.39 is 0 Å². The Hall–Kier alpha value is -0.670. The maximum atomic E-state index is 11.0. The zero-order chi connectivity index (χ0) is 9.23. The monoisotopic (exact) mass is 172 g/mol. The number of hydrogen-bond donors (Lipinski definition) is 0. The van der Waals surface area contributed by atoms with Gasteiger partial charge in [-0.1, -0.05) is 6.08 Å². The van der Waals surface area contributed by atoms with Crippen LogP contribution < -0.4 is 0 Å². The maximum absolute atomic E-state index is 11.0. The number of ketones is 1. The molecule has 0 spiro atoms. The quantitative estimate of drug-likeness (QED) is 0.407. The molecular weight excluding hydrogens is 156 g/mol. The van der Waals surface area contributed by atoms with Crippen molar-refractivity contribution in [3.8, 4) is 0 Å². The van der Waals surface area contributed by atoms with Crippen molar-refractivity contribution in [2.24, 2.45) is 0 Å². The lowest BCUT2D eigenvalue weighted by molar-refractivity contribution is -0.123. The number of ether oxygens (including phenoxy) is 2. The van der Waals surface area contributed by atoms with Crippen LogP contribution in [0.25, 0.3) is 0 Å². The molecule has 0 aromatic rings. The molecule has 0 aliphatic rings. The van der Waals surface area contributed by atoms with Crippen molar-refractivity contribution < 1.29 is 14.3 Å². The van der Waals surface area contributed by atoms with Crippen molar-refractivity contribution in [1.82, 2.24) is 0 Å². The van der Waals surface area contributed by atoms with Crippen LogP contribution in [-0.4, -0.2) is 32.7 Å². The van der Waals surface area contributed by atoms with Crippen LogP contribution in [0.1, 0.15) is 12.8 Å². The van der Waals surface area contributed by atoms with Crippen molar-refractivity contribution in [2.45, 2.75) is 12.8 Å². The summed E-state index contributed by atoms with van der Waals surface area (Å²) < 4.78 is 9.78. The summed E-state index contributed by atoms with van der Waals surface area (Å²) in [5.41, 5.74) is 0. The second-order valence-electron chi connectivity index (χ2n) is 2.41. The number of hydrogen-bond acceptors (Lipinski definition) is 3. The highest BCUT2D eigenvalue weighted by Gasteiger charge is 1.99. The van der Waals surface area contributed by atoms with Crippen LogP contribution in [0.5, 0.6) is 0 Å². The van der Waals surface area contributed by atoms with E-state index in [9.17, 15) is 4.79 Å². The molecule has 0 saturated carbocycles. The van der Waals surface area contributed by atoms with Gasteiger partial charge in [0, 0.05) is 13.5 Å². The average Bonchev–Trinajstić information content (AvgIpc) is 2.09. The first-order valence-electron chi connectivity index (χ1n) is 4.00. The third-order valence-corrected chi connectivity index (χ3v) is 1.32. The first-order chi connectivity index (χ1) is 5.81. The third-order valence-electron chi connectivity index (χ3n) is 1.32. The van der Waals surface area contributed by atoms with Gasteiger partial charge in [-0.2, -0.15) is 0 Å². The summed E-state index contributed by atoms with van der Waals surface area (Å²) >= 11 is 0. The number of allylic oxidation sites excluding steroid dienone is 1. The molecule has 12 heavy (non-hydrogen) atoms. The molecule has 3 nitrogen and oxygen atoms in total. The number of Topliss-reactive ketones (excluding diaryl/α,β-unsaturated/α-hetero) is 1. The standard InChI is InChI=1S/C9H16O3/c1-3-4-5-9(10)8-12-7-6-11-2/h3H,1,4-8H2,2H3. The van der Waals surface area contributed by atoms with Crippen LogP contribution >= 0.6 is 0 Å². The lowest BCUT2D eigenvalue weighted by Crippen LogP contribution is -2.11. The summed E-state index contributed by atoms with van der Waals surface area (Å²) in [5.74, 6) is 0.117. The minimum absolute atomic E-state index is 0.117. The second-order valence-corrected chi connectivity index (χ2v) is 2.41. The number of carbonyl (C=O) groups excluding carboxylic acids is 1. The maximum Gasteiger partial charge on any atom is 0.158 e. The summed E-state index contributed by atoms with van der Waals surface area (Å²) in [6.07, 6.45) is 2.98. The molecule has 0 aliphatic heterocycles. The van der Waals surface area contributed by atoms with E-state index in [1.54, 1.807) is 13.2 Å². The molecule has 0 atom stereocenters.